The predicted octanol–water partition coefficient (Wildman–Crippen LogP) is 5.06. The molecule has 160 valence electrons. The molecule has 0 aromatic heterocycles. The topological polar surface area (TPSA) is 32.3 Å². The Balaban J connectivity index is 1.49. The first-order valence-electron chi connectivity index (χ1n) is 10.9. The molecule has 4 heteroatoms. The summed E-state index contributed by atoms with van der Waals surface area (Å²) in [5.74, 6) is -0.121. The van der Waals surface area contributed by atoms with Gasteiger partial charge in [0.05, 0.1) is 5.92 Å². The van der Waals surface area contributed by atoms with E-state index in [2.05, 4.69) is 65.7 Å². The summed E-state index contributed by atoms with van der Waals surface area (Å²) >= 11 is 0. The maximum atomic E-state index is 13.9. The molecule has 0 spiro atoms. The fourth-order valence-electron chi connectivity index (χ4n) is 4.49. The van der Waals surface area contributed by atoms with E-state index in [0.29, 0.717) is 18.0 Å². The smallest absolute Gasteiger partial charge is 0.224 e. The molecule has 0 saturated carbocycles. The van der Waals surface area contributed by atoms with Crippen molar-refractivity contribution in [2.45, 2.75) is 32.4 Å². The lowest BCUT2D eigenvalue weighted by molar-refractivity contribution is -0.127. The van der Waals surface area contributed by atoms with Crippen LogP contribution in [-0.4, -0.2) is 23.9 Å². The first-order chi connectivity index (χ1) is 15.1. The zero-order valence-electron chi connectivity index (χ0n) is 17.9. The van der Waals surface area contributed by atoms with Crippen molar-refractivity contribution in [3.05, 3.63) is 107 Å². The number of nitrogens with zero attached hydrogens (tertiary/aromatic N) is 1. The monoisotopic (exact) mass is 416 g/mol. The Bertz CT molecular complexity index is 1020. The number of hydrogen-bond acceptors (Lipinski definition) is 2. The highest BCUT2D eigenvalue weighted by Crippen LogP contribution is 2.32. The van der Waals surface area contributed by atoms with Gasteiger partial charge in [-0.1, -0.05) is 78.4 Å². The third-order valence-corrected chi connectivity index (χ3v) is 6.07. The lowest BCUT2D eigenvalue weighted by Gasteiger charge is -2.37. The van der Waals surface area contributed by atoms with Crippen molar-refractivity contribution in [3.8, 4) is 0 Å². The Kier molecular flexibility index (Phi) is 6.78. The first-order valence-corrected chi connectivity index (χ1v) is 10.9. The molecule has 2 atom stereocenters. The number of rotatable bonds is 6. The van der Waals surface area contributed by atoms with Crippen LogP contribution < -0.4 is 5.32 Å². The van der Waals surface area contributed by atoms with Crippen LogP contribution in [0.4, 0.5) is 4.39 Å². The van der Waals surface area contributed by atoms with Crippen LogP contribution in [0.2, 0.25) is 0 Å². The summed E-state index contributed by atoms with van der Waals surface area (Å²) in [5, 5.41) is 2.97. The van der Waals surface area contributed by atoms with Gasteiger partial charge in [-0.3, -0.25) is 9.69 Å². The number of likely N-dealkylation sites (tertiary alicyclic amines) is 1. The van der Waals surface area contributed by atoms with Crippen LogP contribution in [0.1, 0.15) is 34.6 Å². The van der Waals surface area contributed by atoms with Gasteiger partial charge in [0.2, 0.25) is 5.91 Å². The van der Waals surface area contributed by atoms with Crippen molar-refractivity contribution in [3.63, 3.8) is 0 Å². The number of carbonyl (C=O) groups excluding carboxylic acids is 1. The molecule has 0 radical (unpaired) electrons. The summed E-state index contributed by atoms with van der Waals surface area (Å²) < 4.78 is 13.9. The Hall–Kier alpha value is -2.98. The molecule has 1 N–H and O–H groups in total. The third-order valence-electron chi connectivity index (χ3n) is 6.07. The highest BCUT2D eigenvalue weighted by Gasteiger charge is 2.32. The number of piperidine rings is 1. The summed E-state index contributed by atoms with van der Waals surface area (Å²) in [7, 11) is 0. The van der Waals surface area contributed by atoms with Crippen LogP contribution in [0, 0.1) is 18.7 Å². The summed E-state index contributed by atoms with van der Waals surface area (Å²) in [6, 6.07) is 25.6. The molecule has 0 aliphatic carbocycles. The van der Waals surface area contributed by atoms with Gasteiger partial charge >= 0.3 is 0 Å². The van der Waals surface area contributed by atoms with E-state index in [1.807, 2.05) is 6.07 Å². The number of halogens is 1. The van der Waals surface area contributed by atoms with E-state index < -0.39 is 0 Å². The van der Waals surface area contributed by atoms with E-state index in [1.54, 1.807) is 18.2 Å². The minimum Gasteiger partial charge on any atom is -0.352 e. The molecule has 0 bridgehead atoms. The van der Waals surface area contributed by atoms with Crippen molar-refractivity contribution < 1.29 is 9.18 Å². The minimum absolute atomic E-state index is 0.00123. The molecule has 4 rings (SSSR count). The van der Waals surface area contributed by atoms with E-state index >= 15 is 0 Å². The lowest BCUT2D eigenvalue weighted by atomic mass is 9.83. The molecule has 1 aliphatic rings. The van der Waals surface area contributed by atoms with Gasteiger partial charge < -0.3 is 5.32 Å². The van der Waals surface area contributed by atoms with Crippen molar-refractivity contribution in [1.82, 2.24) is 10.2 Å². The second-order valence-electron chi connectivity index (χ2n) is 8.53. The van der Waals surface area contributed by atoms with Crippen molar-refractivity contribution in [2.75, 3.05) is 13.1 Å². The van der Waals surface area contributed by atoms with Crippen LogP contribution >= 0.6 is 0 Å². The van der Waals surface area contributed by atoms with Crippen LogP contribution in [0.5, 0.6) is 0 Å². The number of carbonyl (C=O) groups is 1. The fraction of sp³-hybridized carbons (Fsp3) is 0.296. The Labute approximate surface area is 183 Å². The van der Waals surface area contributed by atoms with Gasteiger partial charge in [0.15, 0.2) is 0 Å². The van der Waals surface area contributed by atoms with Gasteiger partial charge in [0.25, 0.3) is 0 Å². The number of aryl methyl sites for hydroxylation is 1. The molecule has 1 amide bonds. The zero-order chi connectivity index (χ0) is 21.6. The highest BCUT2D eigenvalue weighted by atomic mass is 19.1. The lowest BCUT2D eigenvalue weighted by Crippen LogP contribution is -2.45. The second-order valence-corrected chi connectivity index (χ2v) is 8.53. The van der Waals surface area contributed by atoms with E-state index in [0.717, 1.165) is 19.5 Å². The standard InChI is InChI=1S/C27H29FN2O/c1-20-8-7-12-22(14-20)24-15-25(19-30(18-24)17-21-9-3-2-4-10-21)27(31)29-16-23-11-5-6-13-26(23)28/h2-14,24-25H,15-19H2,1H3,(H,29,31)/t24-,25+/m1/s1. The van der Waals surface area contributed by atoms with Crippen LogP contribution in [-0.2, 0) is 17.9 Å². The predicted molar refractivity (Wildman–Crippen MR) is 122 cm³/mol. The van der Waals surface area contributed by atoms with E-state index in [4.69, 9.17) is 0 Å². The average Bonchev–Trinajstić information content (AvgIpc) is 2.79. The molecule has 1 fully saturated rings. The third kappa shape index (κ3) is 5.59. The SMILES string of the molecule is Cc1cccc([C@@H]2C[C@H](C(=O)NCc3ccccc3F)CN(Cc3ccccc3)C2)c1. The number of hydrogen-bond donors (Lipinski definition) is 1. The molecule has 1 aliphatic heterocycles. The average molecular weight is 417 g/mol. The van der Waals surface area contributed by atoms with Crippen molar-refractivity contribution in [2.24, 2.45) is 5.92 Å². The van der Waals surface area contributed by atoms with Gasteiger partial charge in [0.1, 0.15) is 5.82 Å². The fourth-order valence-corrected chi connectivity index (χ4v) is 4.49. The van der Waals surface area contributed by atoms with Gasteiger partial charge in [-0.05, 0) is 36.5 Å². The van der Waals surface area contributed by atoms with Crippen LogP contribution in [0.3, 0.4) is 0 Å². The normalized spacial score (nSPS) is 19.2. The summed E-state index contributed by atoms with van der Waals surface area (Å²) in [5.41, 5.74) is 4.28. The maximum Gasteiger partial charge on any atom is 0.224 e. The van der Waals surface area contributed by atoms with E-state index in [-0.39, 0.29) is 24.2 Å². The molecule has 0 unspecified atom stereocenters. The number of amides is 1. The van der Waals surface area contributed by atoms with Crippen molar-refractivity contribution in [1.29, 1.82) is 0 Å². The zero-order valence-corrected chi connectivity index (χ0v) is 17.9. The van der Waals surface area contributed by atoms with E-state index in [9.17, 15) is 9.18 Å². The van der Waals surface area contributed by atoms with Crippen LogP contribution in [0.15, 0.2) is 78.9 Å². The van der Waals surface area contributed by atoms with E-state index in [1.165, 1.54) is 22.8 Å². The molecular formula is C27H29FN2O. The molecule has 3 nitrogen and oxygen atoms in total. The molecule has 1 heterocycles. The Morgan fingerprint density at radius 3 is 2.55 bits per heavy atom. The molecule has 1 saturated heterocycles. The van der Waals surface area contributed by atoms with Gasteiger partial charge in [-0.25, -0.2) is 4.39 Å². The van der Waals surface area contributed by atoms with Crippen molar-refractivity contribution >= 4 is 5.91 Å². The van der Waals surface area contributed by atoms with Gasteiger partial charge in [-0.2, -0.15) is 0 Å². The van der Waals surface area contributed by atoms with Gasteiger partial charge in [-0.15, -0.1) is 0 Å². The first kappa shape index (κ1) is 21.3. The summed E-state index contributed by atoms with van der Waals surface area (Å²) in [6.45, 7) is 4.78. The largest absolute Gasteiger partial charge is 0.352 e. The molecule has 3 aromatic rings. The maximum absolute atomic E-state index is 13.9. The highest BCUT2D eigenvalue weighted by molar-refractivity contribution is 5.79. The molecule has 3 aromatic carbocycles. The number of benzene rings is 3. The summed E-state index contributed by atoms with van der Waals surface area (Å²) in [6.07, 6.45) is 0.803. The Morgan fingerprint density at radius 2 is 1.77 bits per heavy atom. The number of nitrogens with one attached hydrogen (secondary N) is 1. The molecule has 31 heavy (non-hydrogen) atoms. The molecular weight excluding hydrogens is 387 g/mol. The Morgan fingerprint density at radius 1 is 1.00 bits per heavy atom. The second kappa shape index (κ2) is 9.88. The summed E-state index contributed by atoms with van der Waals surface area (Å²) in [4.78, 5) is 15.4. The quantitative estimate of drug-likeness (QED) is 0.609. The van der Waals surface area contributed by atoms with Gasteiger partial charge in [0, 0.05) is 31.7 Å². The minimum atomic E-state index is -0.283. The van der Waals surface area contributed by atoms with Crippen LogP contribution in [0.25, 0.3) is 0 Å².